The summed E-state index contributed by atoms with van der Waals surface area (Å²) in [4.78, 5) is 26.9. The minimum absolute atomic E-state index is 0.00719. The fourth-order valence-electron chi connectivity index (χ4n) is 3.17. The summed E-state index contributed by atoms with van der Waals surface area (Å²) in [6.45, 7) is 0.00719. The zero-order valence-corrected chi connectivity index (χ0v) is 17.6. The minimum Gasteiger partial charge on any atom is -0.489 e. The Kier molecular flexibility index (Phi) is 5.54. The summed E-state index contributed by atoms with van der Waals surface area (Å²) in [5.41, 5.74) is 2.14. The Bertz CT molecular complexity index is 1100. The molecule has 1 N–H and O–H groups in total. The molecular weight excluding hydrogens is 455 g/mol. The number of amides is 2. The highest BCUT2D eigenvalue weighted by Gasteiger charge is 2.31. The van der Waals surface area contributed by atoms with Gasteiger partial charge >= 0.3 is 6.03 Å². The van der Waals surface area contributed by atoms with E-state index in [2.05, 4.69) is 26.3 Å². The molecule has 9 heteroatoms. The number of nitrogens with one attached hydrogen (secondary N) is 1. The van der Waals surface area contributed by atoms with Crippen LogP contribution >= 0.6 is 15.9 Å². The SMILES string of the molecule is CN1C(=O)[C@@H](NC(=O)n2ccc(Cc3ccc(F)cc3)n2)COc2ccc(Br)cc21. The first-order valence-electron chi connectivity index (χ1n) is 9.20. The van der Waals surface area contributed by atoms with Gasteiger partial charge in [0.15, 0.2) is 0 Å². The highest BCUT2D eigenvalue weighted by molar-refractivity contribution is 9.10. The third-order valence-corrected chi connectivity index (χ3v) is 5.26. The lowest BCUT2D eigenvalue weighted by atomic mass is 10.1. The molecule has 0 spiro atoms. The average Bonchev–Trinajstić information content (AvgIpc) is 3.17. The monoisotopic (exact) mass is 472 g/mol. The number of anilines is 1. The van der Waals surface area contributed by atoms with E-state index < -0.39 is 12.1 Å². The molecule has 2 heterocycles. The molecular formula is C21H18BrFN4O3. The van der Waals surface area contributed by atoms with E-state index in [1.54, 1.807) is 37.4 Å². The molecule has 0 unspecified atom stereocenters. The van der Waals surface area contributed by atoms with Crippen molar-refractivity contribution in [2.24, 2.45) is 0 Å². The number of fused-ring (bicyclic) bond motifs is 1. The summed E-state index contributed by atoms with van der Waals surface area (Å²) in [6.07, 6.45) is 1.98. The summed E-state index contributed by atoms with van der Waals surface area (Å²) in [7, 11) is 1.64. The summed E-state index contributed by atoms with van der Waals surface area (Å²) in [5, 5.41) is 6.92. The normalized spacial score (nSPS) is 15.9. The van der Waals surface area contributed by atoms with Crippen molar-refractivity contribution in [3.8, 4) is 5.75 Å². The van der Waals surface area contributed by atoms with Crippen molar-refractivity contribution in [1.82, 2.24) is 15.1 Å². The molecule has 1 atom stereocenters. The quantitative estimate of drug-likeness (QED) is 0.633. The molecule has 30 heavy (non-hydrogen) atoms. The van der Waals surface area contributed by atoms with E-state index in [0.29, 0.717) is 23.6 Å². The first-order chi connectivity index (χ1) is 14.4. The molecule has 3 aromatic rings. The standard InChI is InChI=1S/C21H18BrFN4O3/c1-26-18-11-14(22)4-7-19(18)30-12-17(20(26)28)24-21(29)27-9-8-16(25-27)10-13-2-5-15(23)6-3-13/h2-9,11,17H,10,12H2,1H3,(H,24,29)/t17-/m0/s1. The molecule has 4 rings (SSSR count). The van der Waals surface area contributed by atoms with E-state index in [4.69, 9.17) is 4.74 Å². The van der Waals surface area contributed by atoms with Crippen LogP contribution in [0, 0.1) is 5.82 Å². The number of carbonyl (C=O) groups excluding carboxylic acids is 2. The molecule has 1 aromatic heterocycles. The number of halogens is 2. The van der Waals surface area contributed by atoms with Crippen molar-refractivity contribution in [2.45, 2.75) is 12.5 Å². The van der Waals surface area contributed by atoms with Crippen LogP contribution in [-0.4, -0.2) is 41.4 Å². The lowest BCUT2D eigenvalue weighted by Crippen LogP contribution is -2.50. The molecule has 1 aliphatic rings. The maximum atomic E-state index is 13.0. The fraction of sp³-hybridized carbons (Fsp3) is 0.190. The predicted molar refractivity (Wildman–Crippen MR) is 112 cm³/mol. The van der Waals surface area contributed by atoms with Gasteiger partial charge in [0, 0.05) is 24.1 Å². The molecule has 0 saturated carbocycles. The lowest BCUT2D eigenvalue weighted by molar-refractivity contribution is -0.120. The molecule has 154 valence electrons. The van der Waals surface area contributed by atoms with E-state index in [1.165, 1.54) is 23.2 Å². The highest BCUT2D eigenvalue weighted by atomic mass is 79.9. The second-order valence-corrected chi connectivity index (χ2v) is 7.79. The van der Waals surface area contributed by atoms with E-state index in [0.717, 1.165) is 14.7 Å². The van der Waals surface area contributed by atoms with Crippen LogP contribution in [0.3, 0.4) is 0 Å². The maximum absolute atomic E-state index is 13.0. The molecule has 0 aliphatic carbocycles. The second kappa shape index (κ2) is 8.27. The summed E-state index contributed by atoms with van der Waals surface area (Å²) >= 11 is 3.39. The molecule has 1 aliphatic heterocycles. The Morgan fingerprint density at radius 1 is 1.27 bits per heavy atom. The Hall–Kier alpha value is -3.20. The van der Waals surface area contributed by atoms with Crippen LogP contribution in [0.2, 0.25) is 0 Å². The van der Waals surface area contributed by atoms with E-state index >= 15 is 0 Å². The zero-order chi connectivity index (χ0) is 21.3. The topological polar surface area (TPSA) is 76.5 Å². The Morgan fingerprint density at radius 3 is 2.80 bits per heavy atom. The Labute approximate surface area is 180 Å². The van der Waals surface area contributed by atoms with Crippen LogP contribution in [-0.2, 0) is 11.2 Å². The van der Waals surface area contributed by atoms with Crippen molar-refractivity contribution in [3.63, 3.8) is 0 Å². The van der Waals surface area contributed by atoms with E-state index in [-0.39, 0.29) is 18.3 Å². The number of likely N-dealkylation sites (N-methyl/N-ethyl adjacent to an activating group) is 1. The first kappa shape index (κ1) is 20.1. The van der Waals surface area contributed by atoms with Gasteiger partial charge in [-0.05, 0) is 42.0 Å². The fourth-order valence-corrected chi connectivity index (χ4v) is 3.52. The van der Waals surface area contributed by atoms with E-state index in [1.807, 2.05) is 6.07 Å². The van der Waals surface area contributed by atoms with Crippen LogP contribution in [0.4, 0.5) is 14.9 Å². The molecule has 0 bridgehead atoms. The number of hydrogen-bond acceptors (Lipinski definition) is 4. The van der Waals surface area contributed by atoms with Crippen LogP contribution in [0.15, 0.2) is 59.2 Å². The number of carbonyl (C=O) groups is 2. The summed E-state index contributed by atoms with van der Waals surface area (Å²) in [6, 6.07) is 11.8. The average molecular weight is 473 g/mol. The van der Waals surface area contributed by atoms with Gasteiger partial charge in [-0.3, -0.25) is 4.79 Å². The van der Waals surface area contributed by atoms with Crippen LogP contribution in [0.25, 0.3) is 0 Å². The Balaban J connectivity index is 1.44. The molecule has 2 amide bonds. The van der Waals surface area contributed by atoms with Gasteiger partial charge in [-0.2, -0.15) is 9.78 Å². The number of aromatic nitrogens is 2. The molecule has 0 fully saturated rings. The zero-order valence-electron chi connectivity index (χ0n) is 16.0. The van der Waals surface area contributed by atoms with Gasteiger partial charge in [-0.1, -0.05) is 28.1 Å². The lowest BCUT2D eigenvalue weighted by Gasteiger charge is -2.20. The maximum Gasteiger partial charge on any atom is 0.342 e. The molecule has 0 saturated heterocycles. The van der Waals surface area contributed by atoms with Crippen molar-refractivity contribution in [1.29, 1.82) is 0 Å². The number of hydrogen-bond donors (Lipinski definition) is 1. The van der Waals surface area contributed by atoms with E-state index in [9.17, 15) is 14.0 Å². The van der Waals surface area contributed by atoms with Gasteiger partial charge in [0.25, 0.3) is 5.91 Å². The van der Waals surface area contributed by atoms with Gasteiger partial charge in [-0.15, -0.1) is 0 Å². The first-order valence-corrected chi connectivity index (χ1v) is 10.00. The van der Waals surface area contributed by atoms with Crippen molar-refractivity contribution in [2.75, 3.05) is 18.6 Å². The van der Waals surface area contributed by atoms with Crippen LogP contribution in [0.1, 0.15) is 11.3 Å². The minimum atomic E-state index is -0.863. The Morgan fingerprint density at radius 2 is 2.03 bits per heavy atom. The third kappa shape index (κ3) is 4.20. The number of nitrogens with zero attached hydrogens (tertiary/aromatic N) is 3. The highest BCUT2D eigenvalue weighted by Crippen LogP contribution is 2.33. The number of rotatable bonds is 3. The number of ether oxygens (including phenoxy) is 1. The van der Waals surface area contributed by atoms with Crippen molar-refractivity contribution >= 4 is 33.6 Å². The van der Waals surface area contributed by atoms with Gasteiger partial charge in [0.2, 0.25) is 0 Å². The summed E-state index contributed by atoms with van der Waals surface area (Å²) in [5.74, 6) is -0.0382. The molecule has 7 nitrogen and oxygen atoms in total. The van der Waals surface area contributed by atoms with Crippen LogP contribution < -0.4 is 15.0 Å². The largest absolute Gasteiger partial charge is 0.489 e. The smallest absolute Gasteiger partial charge is 0.342 e. The summed E-state index contributed by atoms with van der Waals surface area (Å²) < 4.78 is 20.7. The molecule has 0 radical (unpaired) electrons. The second-order valence-electron chi connectivity index (χ2n) is 6.88. The molecule has 2 aromatic carbocycles. The van der Waals surface area contributed by atoms with Crippen molar-refractivity contribution in [3.05, 3.63) is 76.3 Å². The van der Waals surface area contributed by atoms with Crippen LogP contribution in [0.5, 0.6) is 5.75 Å². The van der Waals surface area contributed by atoms with Crippen molar-refractivity contribution < 1.29 is 18.7 Å². The number of benzene rings is 2. The predicted octanol–water partition coefficient (Wildman–Crippen LogP) is 3.36. The van der Waals surface area contributed by atoms with Gasteiger partial charge in [0.05, 0.1) is 11.4 Å². The van der Waals surface area contributed by atoms with Gasteiger partial charge in [-0.25, -0.2) is 9.18 Å². The third-order valence-electron chi connectivity index (χ3n) is 4.77. The van der Waals surface area contributed by atoms with Gasteiger partial charge < -0.3 is 15.0 Å². The van der Waals surface area contributed by atoms with Gasteiger partial charge in [0.1, 0.15) is 24.2 Å².